The Balaban J connectivity index is 1.14. The van der Waals surface area contributed by atoms with Crippen LogP contribution in [-0.2, 0) is 0 Å². The number of benzene rings is 10. The molecule has 0 fully saturated rings. The molecule has 3 aliphatic heterocycles. The highest BCUT2D eigenvalue weighted by atomic mass is 28.3. The molecule has 0 spiro atoms. The Morgan fingerprint density at radius 1 is 0.333 bits per heavy atom. The van der Waals surface area contributed by atoms with Gasteiger partial charge in [0.15, 0.2) is 8.07 Å². The molecule has 13 rings (SSSR count). The highest BCUT2D eigenvalue weighted by Crippen LogP contribution is 2.46. The summed E-state index contributed by atoms with van der Waals surface area (Å²) in [5.41, 5.74) is 12.6. The lowest BCUT2D eigenvalue weighted by Gasteiger charge is -2.43. The van der Waals surface area contributed by atoms with E-state index in [1.165, 1.54) is 31.7 Å². The quantitative estimate of drug-likeness (QED) is 0.121. The van der Waals surface area contributed by atoms with Gasteiger partial charge in [0, 0.05) is 28.5 Å². The van der Waals surface area contributed by atoms with Crippen LogP contribution in [0, 0.1) is 0 Å². The normalized spacial score (nSPS) is 13.0. The number of nitrogens with zero attached hydrogens (tertiary/aromatic N) is 1. The molecule has 0 bridgehead atoms. The number of hydrogen-bond acceptors (Lipinski definition) is 3. The first-order valence-electron chi connectivity index (χ1n) is 22.8. The minimum absolute atomic E-state index is 0.0823. The Bertz CT molecular complexity index is 3360. The summed E-state index contributed by atoms with van der Waals surface area (Å²) < 4.78 is 14.7. The van der Waals surface area contributed by atoms with Crippen LogP contribution in [0.15, 0.2) is 249 Å². The van der Waals surface area contributed by atoms with Gasteiger partial charge in [0.25, 0.3) is 13.4 Å². The van der Waals surface area contributed by atoms with Crippen LogP contribution in [0.25, 0.3) is 11.1 Å². The summed E-state index contributed by atoms with van der Waals surface area (Å²) in [4.78, 5) is 2.45. The summed E-state index contributed by atoms with van der Waals surface area (Å²) >= 11 is 0. The molecule has 0 amide bonds. The van der Waals surface area contributed by atoms with Gasteiger partial charge in [-0.25, -0.2) is 0 Å². The standard InChI is InChI=1S/C60H41B2NO2Si/c1-5-23-42(24-6-1)46-31-13-18-36-51(46)63-52-37-19-14-32-47(52)61-49-34-16-21-39-55(49)65-60-58(61)53(63)41-56-59(60)62(48-33-15-20-38-54(48)64-56)50-35-17-22-40-57(50)66(43-25-7-2-8-26-43,44-27-9-3-10-28-44)45-29-11-4-12-30-45/h1-41H. The van der Waals surface area contributed by atoms with Gasteiger partial charge < -0.3 is 14.4 Å². The van der Waals surface area contributed by atoms with E-state index in [2.05, 4.69) is 254 Å². The van der Waals surface area contributed by atoms with Crippen molar-refractivity contribution in [2.24, 2.45) is 0 Å². The molecule has 0 aromatic heterocycles. The minimum atomic E-state index is -3.02. The number of hydrogen-bond donors (Lipinski definition) is 0. The number of ether oxygens (including phenoxy) is 2. The topological polar surface area (TPSA) is 21.7 Å². The third kappa shape index (κ3) is 5.78. The molecule has 0 aliphatic carbocycles. The van der Waals surface area contributed by atoms with E-state index in [9.17, 15) is 0 Å². The van der Waals surface area contributed by atoms with Gasteiger partial charge in [0.2, 0.25) is 0 Å². The van der Waals surface area contributed by atoms with Crippen molar-refractivity contribution >= 4 is 92.1 Å². The first-order valence-corrected chi connectivity index (χ1v) is 24.8. The zero-order valence-corrected chi connectivity index (χ0v) is 37.1. The van der Waals surface area contributed by atoms with Crippen LogP contribution in [0.1, 0.15) is 0 Å². The lowest BCUT2D eigenvalue weighted by molar-refractivity contribution is 0.469. The number of anilines is 3. The second-order valence-electron chi connectivity index (χ2n) is 17.4. The van der Waals surface area contributed by atoms with Crippen molar-refractivity contribution in [1.82, 2.24) is 0 Å². The molecule has 3 aliphatic rings. The minimum Gasteiger partial charge on any atom is -0.459 e. The monoisotopic (exact) mass is 857 g/mol. The molecule has 0 unspecified atom stereocenters. The summed E-state index contributed by atoms with van der Waals surface area (Å²) in [6.45, 7) is -0.321. The number of rotatable bonds is 7. The van der Waals surface area contributed by atoms with Crippen molar-refractivity contribution < 1.29 is 9.47 Å². The fourth-order valence-electron chi connectivity index (χ4n) is 11.4. The third-order valence-electron chi connectivity index (χ3n) is 14.0. The Kier molecular flexibility index (Phi) is 9.07. The first-order chi connectivity index (χ1) is 32.8. The van der Waals surface area contributed by atoms with Crippen LogP contribution >= 0.6 is 0 Å². The van der Waals surface area contributed by atoms with Crippen LogP contribution < -0.4 is 67.9 Å². The Morgan fingerprint density at radius 3 is 1.41 bits per heavy atom. The Labute approximate surface area is 387 Å². The van der Waals surface area contributed by atoms with E-state index in [1.54, 1.807) is 0 Å². The lowest BCUT2D eigenvalue weighted by Crippen LogP contribution is -2.79. The van der Waals surface area contributed by atoms with Crippen LogP contribution in [0.4, 0.5) is 17.1 Å². The fraction of sp³-hybridized carbons (Fsp3) is 0. The molecule has 0 saturated heterocycles. The van der Waals surface area contributed by atoms with Gasteiger partial charge in [-0.05, 0) is 72.4 Å². The molecule has 6 heteroatoms. The molecule has 0 N–H and O–H groups in total. The molecule has 0 radical (unpaired) electrons. The Hall–Kier alpha value is -8.05. The smallest absolute Gasteiger partial charge is 0.256 e. The van der Waals surface area contributed by atoms with Gasteiger partial charge in [-0.15, -0.1) is 0 Å². The zero-order valence-electron chi connectivity index (χ0n) is 36.1. The maximum Gasteiger partial charge on any atom is 0.256 e. The highest BCUT2D eigenvalue weighted by molar-refractivity contribution is 7.22. The molecule has 0 atom stereocenters. The second-order valence-corrected chi connectivity index (χ2v) is 21.2. The van der Waals surface area contributed by atoms with Crippen LogP contribution in [0.3, 0.4) is 0 Å². The van der Waals surface area contributed by atoms with Gasteiger partial charge >= 0.3 is 0 Å². The van der Waals surface area contributed by atoms with Crippen LogP contribution in [0.2, 0.25) is 0 Å². The molecule has 3 nitrogen and oxygen atoms in total. The molecule has 308 valence electrons. The van der Waals surface area contributed by atoms with E-state index >= 15 is 0 Å². The summed E-state index contributed by atoms with van der Waals surface area (Å²) in [6, 6.07) is 90.9. The van der Waals surface area contributed by atoms with Crippen molar-refractivity contribution in [2.45, 2.75) is 0 Å². The lowest BCUT2D eigenvalue weighted by atomic mass is 9.31. The molecule has 0 saturated carbocycles. The summed E-state index contributed by atoms with van der Waals surface area (Å²) in [5, 5.41) is 5.33. The molecule has 10 aromatic carbocycles. The SMILES string of the molecule is c1ccc(-c2ccccc2N2c3ccccc3B3c4ccccc4Oc4c5c(cc2c43)Oc2ccccc2B5c2ccccc2[Si](c2ccccc2)(c2ccccc2)c2ccccc2)cc1. The van der Waals surface area contributed by atoms with E-state index in [4.69, 9.17) is 9.47 Å². The first kappa shape index (κ1) is 38.4. The van der Waals surface area contributed by atoms with Gasteiger partial charge in [0.1, 0.15) is 23.0 Å². The van der Waals surface area contributed by atoms with Crippen molar-refractivity contribution in [3.63, 3.8) is 0 Å². The van der Waals surface area contributed by atoms with Crippen molar-refractivity contribution in [2.75, 3.05) is 4.90 Å². The average Bonchev–Trinajstić information content (AvgIpc) is 3.39. The highest BCUT2D eigenvalue weighted by Gasteiger charge is 2.50. The Morgan fingerprint density at radius 2 is 0.788 bits per heavy atom. The number of para-hydroxylation sites is 4. The van der Waals surface area contributed by atoms with E-state index in [1.807, 2.05) is 0 Å². The molecular weight excluding hydrogens is 816 g/mol. The van der Waals surface area contributed by atoms with E-state index in [0.29, 0.717) is 0 Å². The summed E-state index contributed by atoms with van der Waals surface area (Å²) in [7, 11) is -3.02. The van der Waals surface area contributed by atoms with Crippen molar-refractivity contribution in [3.05, 3.63) is 249 Å². The molecular formula is C60H41B2NO2Si. The maximum absolute atomic E-state index is 7.49. The largest absolute Gasteiger partial charge is 0.459 e. The second kappa shape index (κ2) is 15.6. The predicted octanol–water partition coefficient (Wildman–Crippen LogP) is 7.76. The maximum atomic E-state index is 7.49. The summed E-state index contributed by atoms with van der Waals surface area (Å²) in [6.07, 6.45) is 0. The average molecular weight is 858 g/mol. The third-order valence-corrected chi connectivity index (χ3v) is 18.9. The number of fused-ring (bicyclic) bond motifs is 7. The van der Waals surface area contributed by atoms with E-state index in [-0.39, 0.29) is 13.4 Å². The van der Waals surface area contributed by atoms with Gasteiger partial charge in [-0.2, -0.15) is 0 Å². The van der Waals surface area contributed by atoms with E-state index in [0.717, 1.165) is 73.0 Å². The van der Waals surface area contributed by atoms with E-state index < -0.39 is 8.07 Å². The van der Waals surface area contributed by atoms with Crippen molar-refractivity contribution in [3.8, 4) is 34.1 Å². The van der Waals surface area contributed by atoms with Crippen LogP contribution in [-0.4, -0.2) is 21.5 Å². The van der Waals surface area contributed by atoms with Gasteiger partial charge in [0.05, 0.1) is 5.69 Å². The van der Waals surface area contributed by atoms with Crippen LogP contribution in [0.5, 0.6) is 23.0 Å². The molecule has 10 aromatic rings. The molecule has 3 heterocycles. The fourth-order valence-corrected chi connectivity index (χ4v) is 16.4. The summed E-state index contributed by atoms with van der Waals surface area (Å²) in [5.74, 6) is 3.38. The van der Waals surface area contributed by atoms with Gasteiger partial charge in [-0.1, -0.05) is 224 Å². The zero-order chi connectivity index (χ0) is 43.6. The predicted molar refractivity (Wildman–Crippen MR) is 279 cm³/mol. The van der Waals surface area contributed by atoms with Gasteiger partial charge in [-0.3, -0.25) is 0 Å². The molecule has 66 heavy (non-hydrogen) atoms. The van der Waals surface area contributed by atoms with Crippen molar-refractivity contribution in [1.29, 1.82) is 0 Å².